The number of hydrogen-bond donors (Lipinski definition) is 1. The second-order valence-corrected chi connectivity index (χ2v) is 7.48. The van der Waals surface area contributed by atoms with E-state index in [0.29, 0.717) is 13.0 Å². The van der Waals surface area contributed by atoms with Gasteiger partial charge in [-0.3, -0.25) is 9.69 Å². The Morgan fingerprint density at radius 3 is 2.36 bits per heavy atom. The quantitative estimate of drug-likeness (QED) is 0.714. The molecule has 3 amide bonds. The van der Waals surface area contributed by atoms with Crippen LogP contribution in [0.5, 0.6) is 5.75 Å². The van der Waals surface area contributed by atoms with E-state index in [4.69, 9.17) is 4.74 Å². The number of urea groups is 1. The minimum Gasteiger partial charge on any atom is -0.497 e. The van der Waals surface area contributed by atoms with Crippen LogP contribution in [-0.4, -0.2) is 48.1 Å². The molecule has 1 saturated heterocycles. The lowest BCUT2D eigenvalue weighted by Crippen LogP contribution is -2.45. The topological polar surface area (TPSA) is 61.9 Å². The van der Waals surface area contributed by atoms with Gasteiger partial charge in [0.25, 0.3) is 5.91 Å². The highest BCUT2D eigenvalue weighted by atomic mass is 16.5. The molecule has 2 aromatic rings. The average Bonchev–Trinajstić information content (AvgIpc) is 2.91. The van der Waals surface area contributed by atoms with Crippen molar-refractivity contribution in [2.24, 2.45) is 0 Å². The third kappa shape index (κ3) is 4.51. The minimum atomic E-state index is -0.867. The normalized spacial score (nSPS) is 19.2. The molecular weight excluding hydrogens is 354 g/mol. The maximum atomic E-state index is 12.9. The number of carbonyl (C=O) groups excluding carboxylic acids is 2. The van der Waals surface area contributed by atoms with Gasteiger partial charge < -0.3 is 10.1 Å². The summed E-state index contributed by atoms with van der Waals surface area (Å²) < 4.78 is 5.17. The maximum absolute atomic E-state index is 12.9. The van der Waals surface area contributed by atoms with Gasteiger partial charge in [0.05, 0.1) is 13.8 Å². The molecule has 0 saturated carbocycles. The first-order chi connectivity index (χ1) is 13.4. The van der Waals surface area contributed by atoms with E-state index < -0.39 is 5.54 Å². The second kappa shape index (κ2) is 8.44. The lowest BCUT2D eigenvalue weighted by Gasteiger charge is -2.24. The fraction of sp³-hybridized carbons (Fsp3) is 0.364. The first-order valence-electron chi connectivity index (χ1n) is 9.41. The van der Waals surface area contributed by atoms with Crippen LogP contribution in [-0.2, 0) is 17.8 Å². The number of rotatable bonds is 8. The highest BCUT2D eigenvalue weighted by Gasteiger charge is 2.47. The van der Waals surface area contributed by atoms with Crippen LogP contribution in [0.1, 0.15) is 24.5 Å². The molecule has 0 unspecified atom stereocenters. The summed E-state index contributed by atoms with van der Waals surface area (Å²) in [7, 11) is 3.53. The molecule has 148 valence electrons. The summed E-state index contributed by atoms with van der Waals surface area (Å²) in [6.07, 6.45) is 1.30. The molecule has 0 aliphatic carbocycles. The van der Waals surface area contributed by atoms with Crippen molar-refractivity contribution >= 4 is 11.9 Å². The van der Waals surface area contributed by atoms with Crippen molar-refractivity contribution in [3.63, 3.8) is 0 Å². The summed E-state index contributed by atoms with van der Waals surface area (Å²) >= 11 is 0. The number of amides is 3. The van der Waals surface area contributed by atoms with E-state index in [2.05, 4.69) is 5.32 Å². The summed E-state index contributed by atoms with van der Waals surface area (Å²) in [5.41, 5.74) is 1.37. The lowest BCUT2D eigenvalue weighted by atomic mass is 9.93. The van der Waals surface area contributed by atoms with Gasteiger partial charge in [-0.25, -0.2) is 9.69 Å². The number of methoxy groups -OCH3 is 1. The highest BCUT2D eigenvalue weighted by molar-refractivity contribution is 6.06. The Balaban J connectivity index is 1.59. The molecule has 0 spiro atoms. The van der Waals surface area contributed by atoms with E-state index in [9.17, 15) is 9.59 Å². The Hall–Kier alpha value is -2.86. The van der Waals surface area contributed by atoms with Crippen LogP contribution in [0.25, 0.3) is 0 Å². The number of ether oxygens (including phenoxy) is 1. The highest BCUT2D eigenvalue weighted by Crippen LogP contribution is 2.24. The third-order valence-electron chi connectivity index (χ3n) is 5.10. The van der Waals surface area contributed by atoms with Crippen molar-refractivity contribution in [2.45, 2.75) is 31.8 Å². The van der Waals surface area contributed by atoms with Gasteiger partial charge in [0.1, 0.15) is 11.3 Å². The molecule has 1 aliphatic heterocycles. The van der Waals surface area contributed by atoms with Gasteiger partial charge >= 0.3 is 6.03 Å². The van der Waals surface area contributed by atoms with Crippen LogP contribution >= 0.6 is 0 Å². The Labute approximate surface area is 166 Å². The van der Waals surface area contributed by atoms with Gasteiger partial charge in [-0.2, -0.15) is 0 Å². The van der Waals surface area contributed by atoms with Crippen LogP contribution in [0.4, 0.5) is 4.79 Å². The van der Waals surface area contributed by atoms with Gasteiger partial charge in [-0.1, -0.05) is 42.5 Å². The van der Waals surface area contributed by atoms with Gasteiger partial charge in [-0.15, -0.1) is 0 Å². The summed E-state index contributed by atoms with van der Waals surface area (Å²) in [6.45, 7) is 2.68. The SMILES string of the molecule is COc1ccc(CN(C)CN2C(=O)N[C@](C)(CCc3ccccc3)C2=O)cc1. The summed E-state index contributed by atoms with van der Waals surface area (Å²) in [4.78, 5) is 28.6. The zero-order valence-corrected chi connectivity index (χ0v) is 16.6. The van der Waals surface area contributed by atoms with Crippen LogP contribution < -0.4 is 10.1 Å². The number of hydrogen-bond acceptors (Lipinski definition) is 4. The average molecular weight is 381 g/mol. The van der Waals surface area contributed by atoms with Crippen molar-refractivity contribution < 1.29 is 14.3 Å². The van der Waals surface area contributed by atoms with Gasteiger partial charge in [-0.05, 0) is 50.1 Å². The molecule has 1 aliphatic rings. The van der Waals surface area contributed by atoms with Gasteiger partial charge in [0.2, 0.25) is 0 Å². The zero-order valence-electron chi connectivity index (χ0n) is 16.6. The van der Waals surface area contributed by atoms with Crippen molar-refractivity contribution in [1.82, 2.24) is 15.1 Å². The first kappa shape index (κ1) is 19.9. The smallest absolute Gasteiger partial charge is 0.326 e. The number of carbonyl (C=O) groups is 2. The van der Waals surface area contributed by atoms with Crippen molar-refractivity contribution in [1.29, 1.82) is 0 Å². The molecule has 1 atom stereocenters. The predicted molar refractivity (Wildman–Crippen MR) is 108 cm³/mol. The summed E-state index contributed by atoms with van der Waals surface area (Å²) in [5, 5.41) is 2.88. The van der Waals surface area contributed by atoms with E-state index in [1.165, 1.54) is 4.90 Å². The molecule has 6 nitrogen and oxygen atoms in total. The predicted octanol–water partition coefficient (Wildman–Crippen LogP) is 3.03. The molecule has 0 radical (unpaired) electrons. The minimum absolute atomic E-state index is 0.171. The van der Waals surface area contributed by atoms with Crippen LogP contribution in [0.15, 0.2) is 54.6 Å². The first-order valence-corrected chi connectivity index (χ1v) is 9.41. The number of nitrogens with zero attached hydrogens (tertiary/aromatic N) is 2. The molecule has 0 aromatic heterocycles. The standard InChI is InChI=1S/C22H27N3O3/c1-22(14-13-17-7-5-4-6-8-17)20(26)25(21(27)23-22)16-24(2)15-18-9-11-19(28-3)12-10-18/h4-12H,13-16H2,1-3H3,(H,23,27)/t22-/m1/s1. The van der Waals surface area contributed by atoms with E-state index in [1.54, 1.807) is 14.0 Å². The number of imide groups is 1. The molecule has 1 fully saturated rings. The molecule has 1 heterocycles. The molecule has 1 N–H and O–H groups in total. The Morgan fingerprint density at radius 1 is 1.04 bits per heavy atom. The Bertz CT molecular complexity index is 823. The number of aryl methyl sites for hydroxylation is 1. The monoisotopic (exact) mass is 381 g/mol. The van der Waals surface area contributed by atoms with Gasteiger partial charge in [0, 0.05) is 6.54 Å². The second-order valence-electron chi connectivity index (χ2n) is 7.48. The molecule has 0 bridgehead atoms. The van der Waals surface area contributed by atoms with Crippen molar-refractivity contribution in [2.75, 3.05) is 20.8 Å². The fourth-order valence-electron chi connectivity index (χ4n) is 3.42. The molecule has 6 heteroatoms. The molecule has 28 heavy (non-hydrogen) atoms. The van der Waals surface area contributed by atoms with Crippen molar-refractivity contribution in [3.05, 3.63) is 65.7 Å². The van der Waals surface area contributed by atoms with Crippen molar-refractivity contribution in [3.8, 4) is 5.75 Å². The largest absolute Gasteiger partial charge is 0.497 e. The number of benzene rings is 2. The van der Waals surface area contributed by atoms with Crippen LogP contribution in [0.2, 0.25) is 0 Å². The Kier molecular flexibility index (Phi) is 5.99. The van der Waals surface area contributed by atoms with E-state index in [0.717, 1.165) is 23.3 Å². The maximum Gasteiger partial charge on any atom is 0.326 e. The van der Waals surface area contributed by atoms with Gasteiger partial charge in [0.15, 0.2) is 0 Å². The summed E-state index contributed by atoms with van der Waals surface area (Å²) in [6, 6.07) is 17.4. The van der Waals surface area contributed by atoms with E-state index in [-0.39, 0.29) is 18.6 Å². The zero-order chi connectivity index (χ0) is 20.1. The molecular formula is C22H27N3O3. The molecule has 3 rings (SSSR count). The third-order valence-corrected chi connectivity index (χ3v) is 5.10. The molecule has 2 aromatic carbocycles. The summed E-state index contributed by atoms with van der Waals surface area (Å²) in [5.74, 6) is 0.629. The van der Waals surface area contributed by atoms with E-state index >= 15 is 0 Å². The van der Waals surface area contributed by atoms with Crippen LogP contribution in [0, 0.1) is 0 Å². The Morgan fingerprint density at radius 2 is 1.71 bits per heavy atom. The lowest BCUT2D eigenvalue weighted by molar-refractivity contribution is -0.132. The van der Waals surface area contributed by atoms with E-state index in [1.807, 2.05) is 66.5 Å². The van der Waals surface area contributed by atoms with Crippen LogP contribution in [0.3, 0.4) is 0 Å². The number of nitrogens with one attached hydrogen (secondary N) is 1. The fourth-order valence-corrected chi connectivity index (χ4v) is 3.42.